The first-order chi connectivity index (χ1) is 11.5. The predicted octanol–water partition coefficient (Wildman–Crippen LogP) is 5.01. The molecule has 4 rings (SSSR count). The molecule has 8 heteroatoms. The van der Waals surface area contributed by atoms with Gasteiger partial charge in [-0.1, -0.05) is 11.6 Å². The molecule has 0 atom stereocenters. The van der Waals surface area contributed by atoms with Crippen LogP contribution in [0.25, 0.3) is 11.0 Å². The Morgan fingerprint density at radius 1 is 1.33 bits per heavy atom. The molecule has 122 valence electrons. The standard InChI is InChI=1S/C16H9Br2ClFN3O/c17-9-6-11-14(22-16-21-3-4-23(11)16)13(18)12(9)15(24)8-5-7(20)1-2-10(8)19/h1-2,5-6H,3-4H2,(H,21,22). The van der Waals surface area contributed by atoms with Crippen molar-refractivity contribution in [2.24, 2.45) is 0 Å². The lowest BCUT2D eigenvalue weighted by atomic mass is 10.0. The lowest BCUT2D eigenvalue weighted by Crippen LogP contribution is -2.06. The van der Waals surface area contributed by atoms with E-state index in [9.17, 15) is 9.18 Å². The van der Waals surface area contributed by atoms with E-state index in [2.05, 4.69) is 42.2 Å². The van der Waals surface area contributed by atoms with Crippen LogP contribution in [0.15, 0.2) is 33.2 Å². The van der Waals surface area contributed by atoms with Gasteiger partial charge in [0.05, 0.1) is 20.6 Å². The van der Waals surface area contributed by atoms with Crippen molar-refractivity contribution >= 4 is 66.2 Å². The molecule has 0 radical (unpaired) electrons. The van der Waals surface area contributed by atoms with E-state index in [0.29, 0.717) is 20.0 Å². The summed E-state index contributed by atoms with van der Waals surface area (Å²) in [5, 5.41) is 3.40. The average Bonchev–Trinajstić information content (AvgIpc) is 3.12. The van der Waals surface area contributed by atoms with Crippen LogP contribution in [0.2, 0.25) is 5.02 Å². The molecule has 0 saturated carbocycles. The van der Waals surface area contributed by atoms with E-state index in [-0.39, 0.29) is 16.4 Å². The fraction of sp³-hybridized carbons (Fsp3) is 0.125. The van der Waals surface area contributed by atoms with Gasteiger partial charge in [0.2, 0.25) is 5.95 Å². The molecule has 0 spiro atoms. The van der Waals surface area contributed by atoms with Crippen LogP contribution in [0, 0.1) is 5.82 Å². The molecule has 0 saturated heterocycles. The number of imidazole rings is 1. The number of hydrogen-bond acceptors (Lipinski definition) is 3. The van der Waals surface area contributed by atoms with Crippen LogP contribution >= 0.6 is 43.5 Å². The number of carbonyl (C=O) groups is 1. The zero-order valence-corrected chi connectivity index (χ0v) is 16.0. The summed E-state index contributed by atoms with van der Waals surface area (Å²) in [6.45, 7) is 1.64. The highest BCUT2D eigenvalue weighted by atomic mass is 79.9. The van der Waals surface area contributed by atoms with Crippen LogP contribution in [-0.4, -0.2) is 21.9 Å². The molecule has 3 aromatic rings. The van der Waals surface area contributed by atoms with Crippen molar-refractivity contribution in [1.29, 1.82) is 0 Å². The number of fused-ring (bicyclic) bond motifs is 3. The van der Waals surface area contributed by atoms with Crippen molar-refractivity contribution in [3.63, 3.8) is 0 Å². The number of anilines is 1. The lowest BCUT2D eigenvalue weighted by Gasteiger charge is -2.10. The Hall–Kier alpha value is -1.44. The van der Waals surface area contributed by atoms with Crippen molar-refractivity contribution in [2.45, 2.75) is 6.54 Å². The molecule has 24 heavy (non-hydrogen) atoms. The van der Waals surface area contributed by atoms with E-state index in [1.165, 1.54) is 12.1 Å². The van der Waals surface area contributed by atoms with E-state index in [1.54, 1.807) is 0 Å². The zero-order chi connectivity index (χ0) is 17.0. The third kappa shape index (κ3) is 2.37. The first kappa shape index (κ1) is 16.1. The van der Waals surface area contributed by atoms with Crippen molar-refractivity contribution in [3.8, 4) is 0 Å². The molecule has 0 unspecified atom stereocenters. The Morgan fingerprint density at radius 3 is 2.92 bits per heavy atom. The maximum absolute atomic E-state index is 13.5. The minimum absolute atomic E-state index is 0.113. The van der Waals surface area contributed by atoms with E-state index >= 15 is 0 Å². The van der Waals surface area contributed by atoms with E-state index in [0.717, 1.165) is 30.6 Å². The number of nitrogens with zero attached hydrogens (tertiary/aromatic N) is 2. The first-order valence-corrected chi connectivity index (χ1v) is 9.05. The largest absolute Gasteiger partial charge is 0.354 e. The number of carbonyl (C=O) groups excluding carboxylic acids is 1. The average molecular weight is 474 g/mol. The SMILES string of the molecule is O=C(c1cc(F)ccc1Cl)c1c(Br)cc2c(nc3n2CCN3)c1Br. The van der Waals surface area contributed by atoms with Gasteiger partial charge in [-0.05, 0) is 56.1 Å². The summed E-state index contributed by atoms with van der Waals surface area (Å²) < 4.78 is 16.7. The maximum atomic E-state index is 13.5. The third-order valence-electron chi connectivity index (χ3n) is 3.96. The number of halogens is 4. The smallest absolute Gasteiger partial charge is 0.204 e. The number of ketones is 1. The molecule has 0 bridgehead atoms. The normalized spacial score (nSPS) is 13.2. The van der Waals surface area contributed by atoms with Gasteiger partial charge in [-0.2, -0.15) is 0 Å². The molecule has 0 amide bonds. The van der Waals surface area contributed by atoms with Crippen molar-refractivity contribution < 1.29 is 9.18 Å². The van der Waals surface area contributed by atoms with E-state index in [1.807, 2.05) is 10.6 Å². The second-order valence-electron chi connectivity index (χ2n) is 5.38. The molecule has 1 aliphatic heterocycles. The van der Waals surface area contributed by atoms with Gasteiger partial charge in [-0.15, -0.1) is 0 Å². The highest BCUT2D eigenvalue weighted by Gasteiger charge is 2.25. The summed E-state index contributed by atoms with van der Waals surface area (Å²) in [6.07, 6.45) is 0. The fourth-order valence-corrected chi connectivity index (χ4v) is 4.59. The van der Waals surface area contributed by atoms with Crippen LogP contribution in [0.3, 0.4) is 0 Å². The monoisotopic (exact) mass is 471 g/mol. The van der Waals surface area contributed by atoms with E-state index < -0.39 is 5.82 Å². The number of hydrogen-bond donors (Lipinski definition) is 1. The fourth-order valence-electron chi connectivity index (χ4n) is 2.84. The van der Waals surface area contributed by atoms with Gasteiger partial charge in [0, 0.05) is 23.1 Å². The first-order valence-electron chi connectivity index (χ1n) is 7.09. The van der Waals surface area contributed by atoms with Gasteiger partial charge in [0.25, 0.3) is 0 Å². The third-order valence-corrected chi connectivity index (χ3v) is 5.68. The number of nitrogens with one attached hydrogen (secondary N) is 1. The minimum Gasteiger partial charge on any atom is -0.354 e. The number of aromatic nitrogens is 2. The molecule has 2 heterocycles. The summed E-state index contributed by atoms with van der Waals surface area (Å²) in [5.74, 6) is -0.117. The molecule has 1 aromatic heterocycles. The van der Waals surface area contributed by atoms with Crippen molar-refractivity contribution in [1.82, 2.24) is 9.55 Å². The molecular weight excluding hydrogens is 464 g/mol. The van der Waals surface area contributed by atoms with Crippen molar-refractivity contribution in [3.05, 3.63) is 55.2 Å². The lowest BCUT2D eigenvalue weighted by molar-refractivity contribution is 0.103. The van der Waals surface area contributed by atoms with Gasteiger partial charge in [0.1, 0.15) is 11.3 Å². The van der Waals surface area contributed by atoms with Crippen LogP contribution in [0.5, 0.6) is 0 Å². The van der Waals surface area contributed by atoms with Crippen LogP contribution < -0.4 is 5.32 Å². The minimum atomic E-state index is -0.513. The van der Waals surface area contributed by atoms with Gasteiger partial charge >= 0.3 is 0 Å². The number of benzene rings is 2. The molecule has 2 aromatic carbocycles. The summed E-state index contributed by atoms with van der Waals surface area (Å²) in [5.41, 5.74) is 2.07. The molecule has 4 nitrogen and oxygen atoms in total. The second-order valence-corrected chi connectivity index (χ2v) is 7.44. The summed E-state index contributed by atoms with van der Waals surface area (Å²) in [7, 11) is 0. The summed E-state index contributed by atoms with van der Waals surface area (Å²) in [6, 6.07) is 5.59. The summed E-state index contributed by atoms with van der Waals surface area (Å²) in [4.78, 5) is 17.5. The van der Waals surface area contributed by atoms with Crippen LogP contribution in [0.4, 0.5) is 10.3 Å². The molecular formula is C16H9Br2ClFN3O. The highest BCUT2D eigenvalue weighted by molar-refractivity contribution is 9.11. The topological polar surface area (TPSA) is 46.9 Å². The number of rotatable bonds is 2. The Balaban J connectivity index is 1.94. The summed E-state index contributed by atoms with van der Waals surface area (Å²) >= 11 is 13.0. The van der Waals surface area contributed by atoms with E-state index in [4.69, 9.17) is 11.6 Å². The molecule has 0 fully saturated rings. The van der Waals surface area contributed by atoms with Gasteiger partial charge in [-0.25, -0.2) is 9.37 Å². The van der Waals surface area contributed by atoms with Crippen LogP contribution in [-0.2, 0) is 6.54 Å². The molecule has 1 N–H and O–H groups in total. The predicted molar refractivity (Wildman–Crippen MR) is 98.5 cm³/mol. The Morgan fingerprint density at radius 2 is 2.12 bits per heavy atom. The quantitative estimate of drug-likeness (QED) is 0.533. The Kier molecular flexibility index (Phi) is 3.89. The second kappa shape index (κ2) is 5.82. The Labute approximate surface area is 158 Å². The van der Waals surface area contributed by atoms with Gasteiger partial charge < -0.3 is 9.88 Å². The molecule has 0 aliphatic carbocycles. The Bertz CT molecular complexity index is 1020. The van der Waals surface area contributed by atoms with Crippen LogP contribution in [0.1, 0.15) is 15.9 Å². The van der Waals surface area contributed by atoms with Gasteiger partial charge in [-0.3, -0.25) is 4.79 Å². The molecule has 1 aliphatic rings. The van der Waals surface area contributed by atoms with Gasteiger partial charge in [0.15, 0.2) is 5.78 Å². The zero-order valence-electron chi connectivity index (χ0n) is 12.0. The highest BCUT2D eigenvalue weighted by Crippen LogP contribution is 2.37. The maximum Gasteiger partial charge on any atom is 0.204 e. The van der Waals surface area contributed by atoms with Crippen molar-refractivity contribution in [2.75, 3.05) is 11.9 Å².